The van der Waals surface area contributed by atoms with E-state index in [1.807, 2.05) is 0 Å². The number of nitrogens with two attached hydrogens (primary N) is 1. The van der Waals surface area contributed by atoms with Crippen LogP contribution in [-0.2, 0) is 0 Å². The Morgan fingerprint density at radius 3 is 2.62 bits per heavy atom. The van der Waals surface area contributed by atoms with Gasteiger partial charge in [-0.2, -0.15) is 0 Å². The molecule has 1 aromatic carbocycles. The van der Waals surface area contributed by atoms with Gasteiger partial charge >= 0.3 is 0 Å². The summed E-state index contributed by atoms with van der Waals surface area (Å²) in [7, 11) is 0. The Kier molecular flexibility index (Phi) is 4.46. The fourth-order valence-electron chi connectivity index (χ4n) is 1.19. The van der Waals surface area contributed by atoms with E-state index in [4.69, 9.17) is 22.1 Å². The van der Waals surface area contributed by atoms with E-state index in [-0.39, 0.29) is 28.7 Å². The van der Waals surface area contributed by atoms with Gasteiger partial charge in [-0.05, 0) is 25.0 Å². The van der Waals surface area contributed by atoms with Crippen molar-refractivity contribution in [2.75, 3.05) is 6.61 Å². The van der Waals surface area contributed by atoms with Crippen molar-refractivity contribution in [2.45, 2.75) is 18.4 Å². The SMILES string of the molecule is Cl.NC1(COc2c(F)cc(Br)cc2Cl)CC1. The van der Waals surface area contributed by atoms with E-state index in [0.717, 1.165) is 12.8 Å². The quantitative estimate of drug-likeness (QED) is 0.920. The molecular formula is C10H11BrCl2FNO. The molecule has 1 fully saturated rings. The lowest BCUT2D eigenvalue weighted by atomic mass is 10.3. The fraction of sp³-hybridized carbons (Fsp3) is 0.400. The summed E-state index contributed by atoms with van der Waals surface area (Å²) in [5.74, 6) is -0.393. The third kappa shape index (κ3) is 3.23. The highest BCUT2D eigenvalue weighted by molar-refractivity contribution is 9.10. The summed E-state index contributed by atoms with van der Waals surface area (Å²) >= 11 is 8.99. The van der Waals surface area contributed by atoms with Crippen LogP contribution in [0.3, 0.4) is 0 Å². The lowest BCUT2D eigenvalue weighted by Gasteiger charge is -2.13. The molecule has 0 radical (unpaired) electrons. The Hall–Kier alpha value is -0.0300. The summed E-state index contributed by atoms with van der Waals surface area (Å²) in [6.07, 6.45) is 1.84. The number of hydrogen-bond donors (Lipinski definition) is 1. The van der Waals surface area contributed by atoms with E-state index >= 15 is 0 Å². The molecule has 2 nitrogen and oxygen atoms in total. The monoisotopic (exact) mass is 329 g/mol. The molecular weight excluding hydrogens is 320 g/mol. The van der Waals surface area contributed by atoms with E-state index in [1.54, 1.807) is 6.07 Å². The van der Waals surface area contributed by atoms with Gasteiger partial charge in [-0.15, -0.1) is 12.4 Å². The highest BCUT2D eigenvalue weighted by atomic mass is 79.9. The van der Waals surface area contributed by atoms with Crippen LogP contribution in [0.4, 0.5) is 4.39 Å². The van der Waals surface area contributed by atoms with Gasteiger partial charge in [0.15, 0.2) is 11.6 Å². The van der Waals surface area contributed by atoms with Crippen LogP contribution in [-0.4, -0.2) is 12.1 Å². The summed E-state index contributed by atoms with van der Waals surface area (Å²) in [4.78, 5) is 0. The highest BCUT2D eigenvalue weighted by Gasteiger charge is 2.39. The third-order valence-electron chi connectivity index (χ3n) is 2.36. The minimum absolute atomic E-state index is 0. The first kappa shape index (κ1) is 14.0. The van der Waals surface area contributed by atoms with Gasteiger partial charge < -0.3 is 10.5 Å². The average Bonchev–Trinajstić information content (AvgIpc) is 2.82. The van der Waals surface area contributed by atoms with E-state index < -0.39 is 5.82 Å². The second-order valence-corrected chi connectivity index (χ2v) is 5.17. The van der Waals surface area contributed by atoms with Gasteiger partial charge in [0, 0.05) is 4.47 Å². The zero-order chi connectivity index (χ0) is 11.1. The lowest BCUT2D eigenvalue weighted by Crippen LogP contribution is -2.30. The molecule has 0 unspecified atom stereocenters. The summed E-state index contributed by atoms with van der Waals surface area (Å²) in [6.45, 7) is 0.311. The average molecular weight is 331 g/mol. The Labute approximate surface area is 113 Å². The van der Waals surface area contributed by atoms with E-state index in [1.165, 1.54) is 6.07 Å². The molecule has 2 rings (SSSR count). The van der Waals surface area contributed by atoms with Crippen LogP contribution in [0.15, 0.2) is 16.6 Å². The summed E-state index contributed by atoms with van der Waals surface area (Å²) in [6, 6.07) is 2.91. The molecule has 0 saturated heterocycles. The van der Waals surface area contributed by atoms with Crippen molar-refractivity contribution in [3.8, 4) is 5.75 Å². The van der Waals surface area contributed by atoms with Gasteiger partial charge in [-0.25, -0.2) is 4.39 Å². The zero-order valence-corrected chi connectivity index (χ0v) is 11.5. The number of hydrogen-bond acceptors (Lipinski definition) is 2. The van der Waals surface area contributed by atoms with Crippen LogP contribution >= 0.6 is 39.9 Å². The second kappa shape index (κ2) is 5.08. The highest BCUT2D eigenvalue weighted by Crippen LogP contribution is 2.36. The van der Waals surface area contributed by atoms with Crippen LogP contribution in [0.2, 0.25) is 5.02 Å². The maximum Gasteiger partial charge on any atom is 0.173 e. The summed E-state index contributed by atoms with van der Waals surface area (Å²) in [5.41, 5.74) is 5.55. The van der Waals surface area contributed by atoms with Crippen LogP contribution in [0.5, 0.6) is 5.75 Å². The molecule has 0 spiro atoms. The molecule has 0 heterocycles. The third-order valence-corrected chi connectivity index (χ3v) is 3.10. The van der Waals surface area contributed by atoms with E-state index in [9.17, 15) is 4.39 Å². The molecule has 6 heteroatoms. The molecule has 90 valence electrons. The van der Waals surface area contributed by atoms with Crippen molar-refractivity contribution in [3.63, 3.8) is 0 Å². The first-order chi connectivity index (χ1) is 7.00. The van der Waals surface area contributed by atoms with Crippen molar-refractivity contribution in [2.24, 2.45) is 5.73 Å². The molecule has 0 aliphatic heterocycles. The number of ether oxygens (including phenoxy) is 1. The van der Waals surface area contributed by atoms with Crippen molar-refractivity contribution in [1.82, 2.24) is 0 Å². The maximum atomic E-state index is 13.4. The van der Waals surface area contributed by atoms with E-state index in [2.05, 4.69) is 15.9 Å². The van der Waals surface area contributed by atoms with Gasteiger partial charge in [-0.3, -0.25) is 0 Å². The first-order valence-corrected chi connectivity index (χ1v) is 5.73. The molecule has 1 aliphatic carbocycles. The molecule has 0 aromatic heterocycles. The minimum atomic E-state index is -0.473. The first-order valence-electron chi connectivity index (χ1n) is 4.56. The van der Waals surface area contributed by atoms with Gasteiger partial charge in [0.2, 0.25) is 0 Å². The van der Waals surface area contributed by atoms with Crippen LogP contribution in [0, 0.1) is 5.82 Å². The second-order valence-electron chi connectivity index (χ2n) is 3.85. The molecule has 16 heavy (non-hydrogen) atoms. The Morgan fingerprint density at radius 1 is 1.50 bits per heavy atom. The fourth-order valence-corrected chi connectivity index (χ4v) is 2.01. The zero-order valence-electron chi connectivity index (χ0n) is 8.30. The lowest BCUT2D eigenvalue weighted by molar-refractivity contribution is 0.267. The van der Waals surface area contributed by atoms with Crippen molar-refractivity contribution in [3.05, 3.63) is 27.4 Å². The van der Waals surface area contributed by atoms with Gasteiger partial charge in [0.05, 0.1) is 10.6 Å². The van der Waals surface area contributed by atoms with Gasteiger partial charge in [0.1, 0.15) is 6.61 Å². The predicted octanol–water partition coefficient (Wildman–Crippen LogP) is 3.53. The molecule has 0 amide bonds. The topological polar surface area (TPSA) is 35.2 Å². The number of halogens is 4. The van der Waals surface area contributed by atoms with Crippen molar-refractivity contribution >= 4 is 39.9 Å². The normalized spacial score (nSPS) is 16.5. The summed E-state index contributed by atoms with van der Waals surface area (Å²) < 4.78 is 19.3. The Morgan fingerprint density at radius 2 is 2.12 bits per heavy atom. The summed E-state index contributed by atoms with van der Waals surface area (Å²) in [5, 5.41) is 0.256. The molecule has 0 bridgehead atoms. The Balaban J connectivity index is 0.00000128. The standard InChI is InChI=1S/C10H10BrClFNO.ClH/c11-6-3-7(12)9(8(13)4-6)15-5-10(14)1-2-10;/h3-4H,1-2,5,14H2;1H. The largest absolute Gasteiger partial charge is 0.487 e. The number of rotatable bonds is 3. The van der Waals surface area contributed by atoms with Crippen molar-refractivity contribution < 1.29 is 9.13 Å². The smallest absolute Gasteiger partial charge is 0.173 e. The van der Waals surface area contributed by atoms with Gasteiger partial charge in [0.25, 0.3) is 0 Å². The minimum Gasteiger partial charge on any atom is -0.487 e. The Bertz CT molecular complexity index is 375. The molecule has 1 saturated carbocycles. The molecule has 0 atom stereocenters. The molecule has 1 aromatic rings. The van der Waals surface area contributed by atoms with Crippen molar-refractivity contribution in [1.29, 1.82) is 0 Å². The van der Waals surface area contributed by atoms with Crippen LogP contribution < -0.4 is 10.5 Å². The van der Waals surface area contributed by atoms with E-state index in [0.29, 0.717) is 11.1 Å². The van der Waals surface area contributed by atoms with Crippen LogP contribution in [0.1, 0.15) is 12.8 Å². The maximum absolute atomic E-state index is 13.4. The van der Waals surface area contributed by atoms with Gasteiger partial charge in [-0.1, -0.05) is 27.5 Å². The molecule has 2 N–H and O–H groups in total. The van der Waals surface area contributed by atoms with Crippen LogP contribution in [0.25, 0.3) is 0 Å². The predicted molar refractivity (Wildman–Crippen MR) is 68.0 cm³/mol. The number of benzene rings is 1. The molecule has 1 aliphatic rings.